The van der Waals surface area contributed by atoms with E-state index in [-0.39, 0.29) is 23.2 Å². The Morgan fingerprint density at radius 2 is 1.93 bits per heavy atom. The van der Waals surface area contributed by atoms with E-state index in [0.29, 0.717) is 35.1 Å². The van der Waals surface area contributed by atoms with Gasteiger partial charge in [-0.25, -0.2) is 18.7 Å². The highest BCUT2D eigenvalue weighted by Gasteiger charge is 2.31. The lowest BCUT2D eigenvalue weighted by Gasteiger charge is -2.13. The van der Waals surface area contributed by atoms with Gasteiger partial charge in [0, 0.05) is 0 Å². The molecule has 0 fully saturated rings. The third-order valence-corrected chi connectivity index (χ3v) is 4.56. The molecule has 0 saturated heterocycles. The summed E-state index contributed by atoms with van der Waals surface area (Å²) >= 11 is 0. The van der Waals surface area contributed by atoms with Crippen molar-refractivity contribution in [3.63, 3.8) is 0 Å². The molecule has 1 amide bonds. The summed E-state index contributed by atoms with van der Waals surface area (Å²) in [6, 6.07) is 8.12. The molecule has 0 aliphatic carbocycles. The van der Waals surface area contributed by atoms with Gasteiger partial charge < -0.3 is 15.4 Å². The van der Waals surface area contributed by atoms with Gasteiger partial charge in [-0.2, -0.15) is 0 Å². The first-order valence-electron chi connectivity index (χ1n) is 9.14. The van der Waals surface area contributed by atoms with E-state index in [1.165, 1.54) is 24.3 Å². The molecule has 3 heterocycles. The Hall–Kier alpha value is -3.55. The number of carbonyl (C=O) groups is 1. The largest absolute Gasteiger partial charge is 0.492 e. The zero-order valence-electron chi connectivity index (χ0n) is 15.8. The van der Waals surface area contributed by atoms with E-state index in [9.17, 15) is 13.6 Å². The Kier molecular flexibility index (Phi) is 4.84. The fourth-order valence-electron chi connectivity index (χ4n) is 3.27. The molecule has 0 bridgehead atoms. The SMILES string of the molecule is CCOc1ccc(Nc2cc(-c3c(F)cccc3F)nc3c2C(=O)NC3C)nc1. The number of ether oxygens (including phenoxy) is 1. The molecule has 29 heavy (non-hydrogen) atoms. The van der Waals surface area contributed by atoms with Gasteiger partial charge in [-0.3, -0.25) is 4.79 Å². The minimum atomic E-state index is -0.729. The summed E-state index contributed by atoms with van der Waals surface area (Å²) in [7, 11) is 0. The number of benzene rings is 1. The molecule has 148 valence electrons. The second-order valence-corrected chi connectivity index (χ2v) is 6.54. The maximum atomic E-state index is 14.3. The van der Waals surface area contributed by atoms with Crippen LogP contribution >= 0.6 is 0 Å². The van der Waals surface area contributed by atoms with Crippen LogP contribution in [0.25, 0.3) is 11.3 Å². The molecule has 1 aliphatic heterocycles. The first kappa shape index (κ1) is 18.8. The Morgan fingerprint density at radius 3 is 2.59 bits per heavy atom. The lowest BCUT2D eigenvalue weighted by atomic mass is 10.0. The van der Waals surface area contributed by atoms with Crippen LogP contribution in [-0.2, 0) is 0 Å². The van der Waals surface area contributed by atoms with Crippen LogP contribution in [0.5, 0.6) is 5.75 Å². The molecular weight excluding hydrogens is 378 g/mol. The Bertz CT molecular complexity index is 1070. The second kappa shape index (κ2) is 7.46. The van der Waals surface area contributed by atoms with Crippen molar-refractivity contribution in [2.45, 2.75) is 19.9 Å². The van der Waals surface area contributed by atoms with Crippen molar-refractivity contribution in [1.29, 1.82) is 0 Å². The highest BCUT2D eigenvalue weighted by atomic mass is 19.1. The summed E-state index contributed by atoms with van der Waals surface area (Å²) < 4.78 is 34.0. The van der Waals surface area contributed by atoms with E-state index in [4.69, 9.17) is 4.74 Å². The lowest BCUT2D eigenvalue weighted by Crippen LogP contribution is -2.16. The van der Waals surface area contributed by atoms with Crippen LogP contribution in [-0.4, -0.2) is 22.5 Å². The van der Waals surface area contributed by atoms with Gasteiger partial charge in [0.25, 0.3) is 5.91 Å². The van der Waals surface area contributed by atoms with Crippen molar-refractivity contribution in [2.75, 3.05) is 11.9 Å². The number of fused-ring (bicyclic) bond motifs is 1. The summed E-state index contributed by atoms with van der Waals surface area (Å²) in [5.41, 5.74) is 0.962. The van der Waals surface area contributed by atoms with Crippen molar-refractivity contribution < 1.29 is 18.3 Å². The standard InChI is InChI=1S/C21H18F2N4O2/c1-3-29-12-7-8-17(24-10-12)26-16-9-15(18-13(22)5-4-6-14(18)23)27-20-11(2)25-21(28)19(16)20/h4-11H,3H2,1-2H3,(H,25,28)(H,24,26,27). The minimum absolute atomic E-state index is 0.0936. The highest BCUT2D eigenvalue weighted by molar-refractivity contribution is 6.04. The number of hydrogen-bond acceptors (Lipinski definition) is 5. The maximum Gasteiger partial charge on any atom is 0.255 e. The van der Waals surface area contributed by atoms with Crippen molar-refractivity contribution in [2.24, 2.45) is 0 Å². The summed E-state index contributed by atoms with van der Waals surface area (Å²) in [5, 5.41) is 5.83. The molecule has 1 aromatic carbocycles. The topological polar surface area (TPSA) is 76.1 Å². The Labute approximate surface area is 166 Å². The van der Waals surface area contributed by atoms with Gasteiger partial charge in [0.1, 0.15) is 23.2 Å². The van der Waals surface area contributed by atoms with Gasteiger partial charge in [-0.1, -0.05) is 6.07 Å². The Balaban J connectivity index is 1.81. The van der Waals surface area contributed by atoms with Crippen molar-refractivity contribution >= 4 is 17.4 Å². The summed E-state index contributed by atoms with van der Waals surface area (Å²) in [4.78, 5) is 21.1. The zero-order chi connectivity index (χ0) is 20.5. The van der Waals surface area contributed by atoms with E-state index in [1.807, 2.05) is 6.92 Å². The predicted octanol–water partition coefficient (Wildman–Crippen LogP) is 4.37. The number of nitrogens with one attached hydrogen (secondary N) is 2. The smallest absolute Gasteiger partial charge is 0.255 e. The molecule has 8 heteroatoms. The third kappa shape index (κ3) is 3.49. The number of nitrogens with zero attached hydrogens (tertiary/aromatic N) is 2. The summed E-state index contributed by atoms with van der Waals surface area (Å²) in [5.74, 6) is -0.707. The molecule has 6 nitrogen and oxygen atoms in total. The van der Waals surface area contributed by atoms with E-state index in [1.54, 1.807) is 25.3 Å². The molecule has 1 atom stereocenters. The first-order valence-corrected chi connectivity index (χ1v) is 9.14. The molecule has 1 unspecified atom stereocenters. The summed E-state index contributed by atoms with van der Waals surface area (Å²) in [6.07, 6.45) is 1.55. The van der Waals surface area contributed by atoms with Crippen molar-refractivity contribution in [3.05, 3.63) is 65.5 Å². The van der Waals surface area contributed by atoms with Gasteiger partial charge >= 0.3 is 0 Å². The van der Waals surface area contributed by atoms with Crippen LogP contribution in [0.15, 0.2) is 42.6 Å². The average Bonchev–Trinajstić information content (AvgIpc) is 2.97. The second-order valence-electron chi connectivity index (χ2n) is 6.54. The van der Waals surface area contributed by atoms with Crippen molar-refractivity contribution in [1.82, 2.24) is 15.3 Å². The molecule has 0 radical (unpaired) electrons. The van der Waals surface area contributed by atoms with Crippen LogP contribution in [0.1, 0.15) is 35.9 Å². The normalized spacial score (nSPS) is 15.0. The average molecular weight is 396 g/mol. The number of pyridine rings is 2. The fourth-order valence-corrected chi connectivity index (χ4v) is 3.27. The number of hydrogen-bond donors (Lipinski definition) is 2. The number of rotatable bonds is 5. The molecule has 0 saturated carbocycles. The van der Waals surface area contributed by atoms with Crippen LogP contribution < -0.4 is 15.4 Å². The quantitative estimate of drug-likeness (QED) is 0.670. The molecule has 3 aromatic rings. The number of carbonyl (C=O) groups excluding carboxylic acids is 1. The zero-order valence-corrected chi connectivity index (χ0v) is 15.8. The molecule has 2 N–H and O–H groups in total. The van der Waals surface area contributed by atoms with Gasteiger partial charge in [0.2, 0.25) is 0 Å². The van der Waals surface area contributed by atoms with Crippen LogP contribution in [0.3, 0.4) is 0 Å². The highest BCUT2D eigenvalue weighted by Crippen LogP contribution is 2.36. The van der Waals surface area contributed by atoms with Gasteiger partial charge in [0.15, 0.2) is 0 Å². The van der Waals surface area contributed by atoms with E-state index in [2.05, 4.69) is 20.6 Å². The van der Waals surface area contributed by atoms with E-state index in [0.717, 1.165) is 0 Å². The summed E-state index contributed by atoms with van der Waals surface area (Å²) in [6.45, 7) is 4.15. The molecule has 4 rings (SSSR count). The Morgan fingerprint density at radius 1 is 1.17 bits per heavy atom. The van der Waals surface area contributed by atoms with Crippen LogP contribution in [0.4, 0.5) is 20.3 Å². The number of aromatic nitrogens is 2. The first-order chi connectivity index (χ1) is 14.0. The molecular formula is C21H18F2N4O2. The number of halogens is 2. The third-order valence-electron chi connectivity index (χ3n) is 4.56. The van der Waals surface area contributed by atoms with E-state index >= 15 is 0 Å². The van der Waals surface area contributed by atoms with Crippen LogP contribution in [0.2, 0.25) is 0 Å². The van der Waals surface area contributed by atoms with Crippen molar-refractivity contribution in [3.8, 4) is 17.0 Å². The van der Waals surface area contributed by atoms with Gasteiger partial charge in [-0.15, -0.1) is 0 Å². The number of amides is 1. The number of anilines is 2. The predicted molar refractivity (Wildman–Crippen MR) is 104 cm³/mol. The monoisotopic (exact) mass is 396 g/mol. The fraction of sp³-hybridized carbons (Fsp3) is 0.190. The molecule has 0 spiro atoms. The lowest BCUT2D eigenvalue weighted by molar-refractivity contribution is 0.0959. The van der Waals surface area contributed by atoms with Gasteiger partial charge in [0.05, 0.1) is 47.0 Å². The van der Waals surface area contributed by atoms with Gasteiger partial charge in [-0.05, 0) is 44.2 Å². The maximum absolute atomic E-state index is 14.3. The molecule has 1 aliphatic rings. The minimum Gasteiger partial charge on any atom is -0.492 e. The van der Waals surface area contributed by atoms with E-state index < -0.39 is 11.6 Å². The van der Waals surface area contributed by atoms with Crippen LogP contribution in [0, 0.1) is 11.6 Å². The molecule has 2 aromatic heterocycles.